The maximum atomic E-state index is 13.1. The predicted octanol–water partition coefficient (Wildman–Crippen LogP) is -3.55. The Labute approximate surface area is 255 Å². The number of hydrogen-bond acceptors (Lipinski definition) is 19. The molecule has 0 aliphatic carbocycles. The lowest BCUT2D eigenvalue weighted by Crippen LogP contribution is -2.40. The molecule has 0 saturated carbocycles. The summed E-state index contributed by atoms with van der Waals surface area (Å²) in [6, 6.07) is 0. The molecule has 1 unspecified atom stereocenters. The highest BCUT2D eigenvalue weighted by atomic mass is 31.2. The van der Waals surface area contributed by atoms with Crippen molar-refractivity contribution in [1.29, 1.82) is 0 Å². The van der Waals surface area contributed by atoms with Crippen LogP contribution in [0.15, 0.2) is 22.2 Å². The first-order valence-electron chi connectivity index (χ1n) is 13.2. The number of aliphatic hydroxyl groups is 2. The van der Waals surface area contributed by atoms with Gasteiger partial charge in [0.1, 0.15) is 30.7 Å². The third-order valence-corrected chi connectivity index (χ3v) is 7.77. The minimum Gasteiger partial charge on any atom is -0.455 e. The second-order valence-electron chi connectivity index (χ2n) is 9.97. The van der Waals surface area contributed by atoms with Gasteiger partial charge in [-0.2, -0.15) is 9.97 Å². The Morgan fingerprint density at radius 1 is 1.00 bits per heavy atom. The zero-order chi connectivity index (χ0) is 33.5. The molecule has 5 heterocycles. The molecule has 3 aromatic rings. The number of anilines is 2. The van der Waals surface area contributed by atoms with Gasteiger partial charge >= 0.3 is 25.5 Å². The van der Waals surface area contributed by atoms with Crippen LogP contribution >= 0.6 is 7.82 Å². The Hall–Kier alpha value is -4.35. The number of aliphatic hydroxyl groups excluding tert-OH is 2. The van der Waals surface area contributed by atoms with Crippen molar-refractivity contribution >= 4 is 42.8 Å². The van der Waals surface area contributed by atoms with Gasteiger partial charge in [-0.15, -0.1) is 0 Å². The first-order chi connectivity index (χ1) is 21.7. The largest absolute Gasteiger partial charge is 0.472 e. The monoisotopic (exact) mass is 673 g/mol. The number of rotatable bonds is 10. The number of aromatic nitrogens is 7. The van der Waals surface area contributed by atoms with Gasteiger partial charge in [0.05, 0.1) is 19.5 Å². The van der Waals surface area contributed by atoms with Crippen molar-refractivity contribution in [3.8, 4) is 0 Å². The number of nitrogens with two attached hydrogens (primary N) is 2. The Bertz CT molecular complexity index is 1800. The average molecular weight is 673 g/mol. The number of H-pyrrole nitrogens is 1. The van der Waals surface area contributed by atoms with Crippen molar-refractivity contribution < 1.29 is 57.3 Å². The van der Waals surface area contributed by atoms with Crippen molar-refractivity contribution in [2.75, 3.05) is 24.7 Å². The molecule has 250 valence electrons. The van der Waals surface area contributed by atoms with Gasteiger partial charge in [-0.05, 0) is 0 Å². The molecule has 8 N–H and O–H groups in total. The van der Waals surface area contributed by atoms with Crippen LogP contribution < -0.4 is 22.7 Å². The van der Waals surface area contributed by atoms with E-state index in [9.17, 15) is 38.8 Å². The van der Waals surface area contributed by atoms with Crippen LogP contribution in [0.4, 0.5) is 11.9 Å². The Balaban J connectivity index is 1.35. The van der Waals surface area contributed by atoms with Crippen LogP contribution in [0.5, 0.6) is 0 Å². The van der Waals surface area contributed by atoms with Crippen molar-refractivity contribution in [2.45, 2.75) is 62.9 Å². The van der Waals surface area contributed by atoms with Gasteiger partial charge in [0.25, 0.3) is 5.56 Å². The zero-order valence-corrected chi connectivity index (χ0v) is 24.7. The molecular formula is C22H28N9O14P. The van der Waals surface area contributed by atoms with E-state index in [1.54, 1.807) is 0 Å². The van der Waals surface area contributed by atoms with Crippen LogP contribution in [0.25, 0.3) is 11.2 Å². The fraction of sp³-hybridized carbons (Fsp3) is 0.545. The van der Waals surface area contributed by atoms with Crippen molar-refractivity contribution in [3.63, 3.8) is 0 Å². The summed E-state index contributed by atoms with van der Waals surface area (Å²) in [4.78, 5) is 76.4. The van der Waals surface area contributed by atoms with Gasteiger partial charge in [0.15, 0.2) is 35.8 Å². The second kappa shape index (κ2) is 12.8. The topological polar surface area (TPSA) is 331 Å². The van der Waals surface area contributed by atoms with E-state index in [4.69, 9.17) is 39.5 Å². The highest BCUT2D eigenvalue weighted by Gasteiger charge is 2.53. The Morgan fingerprint density at radius 3 is 2.28 bits per heavy atom. The molecule has 2 fully saturated rings. The number of carbonyl (C=O) groups is 2. The molecule has 0 amide bonds. The summed E-state index contributed by atoms with van der Waals surface area (Å²) in [6.45, 7) is 0.390. The summed E-state index contributed by atoms with van der Waals surface area (Å²) in [6.07, 6.45) is -10.1. The van der Waals surface area contributed by atoms with Crippen molar-refractivity contribution in [2.24, 2.45) is 0 Å². The molecular weight excluding hydrogens is 645 g/mol. The van der Waals surface area contributed by atoms with E-state index in [0.717, 1.165) is 31.1 Å². The third kappa shape index (κ3) is 6.61. The highest BCUT2D eigenvalue weighted by molar-refractivity contribution is 7.47. The molecule has 46 heavy (non-hydrogen) atoms. The molecule has 0 aromatic carbocycles. The lowest BCUT2D eigenvalue weighted by atomic mass is 10.1. The minimum absolute atomic E-state index is 0.0821. The zero-order valence-electron chi connectivity index (χ0n) is 23.8. The van der Waals surface area contributed by atoms with E-state index in [2.05, 4.69) is 24.9 Å². The van der Waals surface area contributed by atoms with Gasteiger partial charge in [0.2, 0.25) is 11.9 Å². The SMILES string of the molecule is CC(=O)O[C@H]1[C@@H](OP(=O)(O)OC[C@H]2O[C@@H](n3cnc4c(=O)[nH]c(N)nc43)[C@@H](OC(C)=O)[C@H]2O)[C@@H](CO)O[C@H]1n1cnc(N)nc1=O. The quantitative estimate of drug-likeness (QED) is 0.0895. The number of ether oxygens (including phenoxy) is 4. The highest BCUT2D eigenvalue weighted by Crippen LogP contribution is 2.49. The number of hydrogen-bond donors (Lipinski definition) is 6. The number of aromatic amines is 1. The van der Waals surface area contributed by atoms with Gasteiger partial charge in [-0.1, -0.05) is 0 Å². The van der Waals surface area contributed by atoms with Crippen molar-refractivity contribution in [3.05, 3.63) is 33.5 Å². The molecule has 2 saturated heterocycles. The molecule has 24 heteroatoms. The number of fused-ring (bicyclic) bond motifs is 1. The number of nitrogen functional groups attached to an aromatic ring is 2. The maximum absolute atomic E-state index is 13.1. The molecule has 3 aromatic heterocycles. The maximum Gasteiger partial charge on any atom is 0.472 e. The number of esters is 2. The molecule has 0 radical (unpaired) electrons. The first-order valence-corrected chi connectivity index (χ1v) is 14.7. The number of nitrogens with zero attached hydrogens (tertiary/aromatic N) is 6. The smallest absolute Gasteiger partial charge is 0.455 e. The summed E-state index contributed by atoms with van der Waals surface area (Å²) < 4.78 is 47.2. The van der Waals surface area contributed by atoms with Gasteiger partial charge in [-0.3, -0.25) is 37.5 Å². The van der Waals surface area contributed by atoms with E-state index >= 15 is 0 Å². The van der Waals surface area contributed by atoms with Gasteiger partial charge in [0, 0.05) is 13.8 Å². The number of phosphoric acid groups is 1. The molecule has 2 aliphatic rings. The molecule has 23 nitrogen and oxygen atoms in total. The molecule has 9 atom stereocenters. The summed E-state index contributed by atoms with van der Waals surface area (Å²) in [5, 5.41) is 20.9. The lowest BCUT2D eigenvalue weighted by molar-refractivity contribution is -0.156. The van der Waals surface area contributed by atoms with E-state index in [1.807, 2.05) is 0 Å². The molecule has 2 aliphatic heterocycles. The number of imidazole rings is 1. The predicted molar refractivity (Wildman–Crippen MR) is 146 cm³/mol. The van der Waals surface area contributed by atoms with Gasteiger partial charge in [-0.25, -0.2) is 19.3 Å². The fourth-order valence-electron chi connectivity index (χ4n) is 4.93. The molecule has 5 rings (SSSR count). The summed E-state index contributed by atoms with van der Waals surface area (Å²) >= 11 is 0. The van der Waals surface area contributed by atoms with Gasteiger partial charge < -0.3 is 45.5 Å². The Morgan fingerprint density at radius 2 is 1.63 bits per heavy atom. The summed E-state index contributed by atoms with van der Waals surface area (Å²) in [5.74, 6) is -2.36. The van der Waals surface area contributed by atoms with E-state index in [1.165, 1.54) is 4.57 Å². The first kappa shape index (κ1) is 33.0. The van der Waals surface area contributed by atoms with Crippen LogP contribution in [0.1, 0.15) is 26.3 Å². The minimum atomic E-state index is -5.18. The van der Waals surface area contributed by atoms with E-state index < -0.39 is 93.3 Å². The fourth-order valence-corrected chi connectivity index (χ4v) is 5.89. The van der Waals surface area contributed by atoms with Crippen LogP contribution in [-0.2, 0) is 42.1 Å². The third-order valence-electron chi connectivity index (χ3n) is 6.78. The second-order valence-corrected chi connectivity index (χ2v) is 11.4. The number of nitrogens with one attached hydrogen (secondary N) is 1. The van der Waals surface area contributed by atoms with E-state index in [-0.39, 0.29) is 23.1 Å². The average Bonchev–Trinajstić information content (AvgIpc) is 3.61. The summed E-state index contributed by atoms with van der Waals surface area (Å²) in [7, 11) is -5.18. The lowest BCUT2D eigenvalue weighted by Gasteiger charge is -2.26. The van der Waals surface area contributed by atoms with Crippen LogP contribution in [0, 0.1) is 0 Å². The Kier molecular flexibility index (Phi) is 9.19. The van der Waals surface area contributed by atoms with Crippen LogP contribution in [-0.4, -0.2) is 111 Å². The van der Waals surface area contributed by atoms with Crippen LogP contribution in [0.2, 0.25) is 0 Å². The molecule has 0 bridgehead atoms. The summed E-state index contributed by atoms with van der Waals surface area (Å²) in [5.41, 5.74) is 9.17. The number of phosphoric ester groups is 1. The molecule has 0 spiro atoms. The normalized spacial score (nSPS) is 29.1. The van der Waals surface area contributed by atoms with Crippen LogP contribution in [0.3, 0.4) is 0 Å². The number of carbonyl (C=O) groups excluding carboxylic acids is 2. The van der Waals surface area contributed by atoms with Crippen molar-refractivity contribution in [1.82, 2.24) is 34.1 Å². The van der Waals surface area contributed by atoms with E-state index in [0.29, 0.717) is 0 Å². The standard InChI is InChI=1S/C22H28N9O14P/c1-7(33)41-14-12(35)10(44-18(14)30-5-25-11-16(30)27-21(24)28-17(11)36)4-40-46(38,39)45-13-9(3-32)43-19(15(13)42-8(2)34)31-6-26-20(23)29-22(31)37/h5-6,9-10,12-15,18-19,32,35H,3-4H2,1-2H3,(H,38,39)(H2,23,29,37)(H3,24,27,28,36)/t9-,10-,12+,13+,14+,15+,18-,19-/m1/s1.